The van der Waals surface area contributed by atoms with Gasteiger partial charge in [-0.1, -0.05) is 57.9 Å². The van der Waals surface area contributed by atoms with Gasteiger partial charge in [0.05, 0.1) is 0 Å². The molecule has 0 aromatic carbocycles. The number of rotatable bonds is 1. The van der Waals surface area contributed by atoms with Crippen LogP contribution in [0.25, 0.3) is 0 Å². The summed E-state index contributed by atoms with van der Waals surface area (Å²) in [6.45, 7) is 11.4. The van der Waals surface area contributed by atoms with Gasteiger partial charge < -0.3 is 0 Å². The van der Waals surface area contributed by atoms with Crippen LogP contribution in [0, 0.1) is 11.3 Å². The molecular weight excluding hydrogens is 144 g/mol. The Kier molecular flexibility index (Phi) is 2.46. The standard InChI is InChI=1S/C12H20/c1-9(2)10-6-7-11(8-10)12(3,4)5/h6-7,9H,8H2,1-5H3. The molecule has 0 N–H and O–H groups in total. The third-order valence-corrected chi connectivity index (χ3v) is 2.60. The zero-order chi connectivity index (χ0) is 9.35. The molecule has 12 heavy (non-hydrogen) atoms. The lowest BCUT2D eigenvalue weighted by Gasteiger charge is -2.21. The maximum absolute atomic E-state index is 2.30. The van der Waals surface area contributed by atoms with Crippen molar-refractivity contribution in [3.05, 3.63) is 23.3 Å². The lowest BCUT2D eigenvalue weighted by molar-refractivity contribution is 0.490. The summed E-state index contributed by atoms with van der Waals surface area (Å²) in [4.78, 5) is 0. The van der Waals surface area contributed by atoms with Gasteiger partial charge in [0.15, 0.2) is 0 Å². The summed E-state index contributed by atoms with van der Waals surface area (Å²) in [5, 5.41) is 0. The second kappa shape index (κ2) is 3.08. The van der Waals surface area contributed by atoms with Gasteiger partial charge >= 0.3 is 0 Å². The van der Waals surface area contributed by atoms with E-state index in [0.29, 0.717) is 11.3 Å². The third kappa shape index (κ3) is 2.00. The summed E-state index contributed by atoms with van der Waals surface area (Å²) >= 11 is 0. The van der Waals surface area contributed by atoms with Crippen LogP contribution in [-0.2, 0) is 0 Å². The van der Waals surface area contributed by atoms with E-state index in [1.54, 1.807) is 11.1 Å². The monoisotopic (exact) mass is 164 g/mol. The first kappa shape index (κ1) is 9.57. The molecule has 0 amide bonds. The maximum Gasteiger partial charge on any atom is -0.00944 e. The highest BCUT2D eigenvalue weighted by molar-refractivity contribution is 5.34. The number of hydrogen-bond donors (Lipinski definition) is 0. The van der Waals surface area contributed by atoms with Crippen molar-refractivity contribution in [2.75, 3.05) is 0 Å². The molecule has 0 aromatic rings. The fourth-order valence-corrected chi connectivity index (χ4v) is 1.46. The van der Waals surface area contributed by atoms with Crippen molar-refractivity contribution in [3.8, 4) is 0 Å². The minimum Gasteiger partial charge on any atom is -0.0636 e. The highest BCUT2D eigenvalue weighted by atomic mass is 14.3. The molecule has 1 aliphatic rings. The minimum atomic E-state index is 0.354. The van der Waals surface area contributed by atoms with E-state index in [1.165, 1.54) is 6.42 Å². The largest absolute Gasteiger partial charge is 0.0636 e. The van der Waals surface area contributed by atoms with Gasteiger partial charge in [0.25, 0.3) is 0 Å². The molecule has 0 spiro atoms. The number of allylic oxidation sites excluding steroid dienone is 4. The summed E-state index contributed by atoms with van der Waals surface area (Å²) < 4.78 is 0. The minimum absolute atomic E-state index is 0.354. The molecule has 0 heteroatoms. The van der Waals surface area contributed by atoms with E-state index in [1.807, 2.05) is 0 Å². The summed E-state index contributed by atoms with van der Waals surface area (Å²) in [5.41, 5.74) is 3.51. The Bertz CT molecular complexity index is 221. The predicted octanol–water partition coefficient (Wildman–Crippen LogP) is 3.95. The molecule has 0 fully saturated rings. The van der Waals surface area contributed by atoms with Crippen LogP contribution in [0.1, 0.15) is 41.0 Å². The second-order valence-electron chi connectivity index (χ2n) is 5.01. The molecule has 0 aliphatic heterocycles. The van der Waals surface area contributed by atoms with Gasteiger partial charge in [0.2, 0.25) is 0 Å². The fraction of sp³-hybridized carbons (Fsp3) is 0.667. The predicted molar refractivity (Wildman–Crippen MR) is 55.1 cm³/mol. The summed E-state index contributed by atoms with van der Waals surface area (Å²) in [6, 6.07) is 0. The van der Waals surface area contributed by atoms with Gasteiger partial charge in [-0.2, -0.15) is 0 Å². The van der Waals surface area contributed by atoms with Crippen molar-refractivity contribution in [1.82, 2.24) is 0 Å². The summed E-state index contributed by atoms with van der Waals surface area (Å²) in [7, 11) is 0. The van der Waals surface area contributed by atoms with Gasteiger partial charge in [-0.05, 0) is 17.8 Å². The highest BCUT2D eigenvalue weighted by Gasteiger charge is 2.21. The zero-order valence-electron chi connectivity index (χ0n) is 8.94. The van der Waals surface area contributed by atoms with E-state index in [9.17, 15) is 0 Å². The van der Waals surface area contributed by atoms with Crippen LogP contribution in [0.4, 0.5) is 0 Å². The van der Waals surface area contributed by atoms with Crippen molar-refractivity contribution < 1.29 is 0 Å². The molecule has 0 unspecified atom stereocenters. The van der Waals surface area contributed by atoms with Crippen molar-refractivity contribution in [2.45, 2.75) is 41.0 Å². The highest BCUT2D eigenvalue weighted by Crippen LogP contribution is 2.36. The van der Waals surface area contributed by atoms with E-state index in [4.69, 9.17) is 0 Å². The molecule has 0 aromatic heterocycles. The lowest BCUT2D eigenvalue weighted by Crippen LogP contribution is -2.08. The first-order valence-electron chi connectivity index (χ1n) is 4.81. The maximum atomic E-state index is 2.30. The lowest BCUT2D eigenvalue weighted by atomic mass is 9.84. The zero-order valence-corrected chi connectivity index (χ0v) is 8.94. The molecule has 0 bridgehead atoms. The van der Waals surface area contributed by atoms with E-state index in [0.717, 1.165) is 0 Å². The van der Waals surface area contributed by atoms with Crippen LogP contribution >= 0.6 is 0 Å². The van der Waals surface area contributed by atoms with Gasteiger partial charge in [-0.3, -0.25) is 0 Å². The molecule has 0 atom stereocenters. The Morgan fingerprint density at radius 3 is 2.00 bits per heavy atom. The van der Waals surface area contributed by atoms with Gasteiger partial charge in [0.1, 0.15) is 0 Å². The Labute approximate surface area is 76.4 Å². The topological polar surface area (TPSA) is 0 Å². The van der Waals surface area contributed by atoms with E-state index in [2.05, 4.69) is 46.8 Å². The Morgan fingerprint density at radius 2 is 1.75 bits per heavy atom. The molecule has 68 valence electrons. The molecule has 0 nitrogen and oxygen atoms in total. The molecular formula is C12H20. The van der Waals surface area contributed by atoms with Crippen LogP contribution in [0.3, 0.4) is 0 Å². The summed E-state index contributed by atoms with van der Waals surface area (Å²) in [6.07, 6.45) is 5.79. The van der Waals surface area contributed by atoms with Crippen molar-refractivity contribution in [3.63, 3.8) is 0 Å². The van der Waals surface area contributed by atoms with E-state index >= 15 is 0 Å². The Balaban J connectivity index is 2.62. The van der Waals surface area contributed by atoms with E-state index in [-0.39, 0.29) is 0 Å². The van der Waals surface area contributed by atoms with Crippen LogP contribution in [0.2, 0.25) is 0 Å². The Hall–Kier alpha value is -0.520. The normalized spacial score (nSPS) is 18.2. The van der Waals surface area contributed by atoms with Crippen LogP contribution in [-0.4, -0.2) is 0 Å². The van der Waals surface area contributed by atoms with Crippen molar-refractivity contribution in [2.24, 2.45) is 11.3 Å². The fourth-order valence-electron chi connectivity index (χ4n) is 1.46. The van der Waals surface area contributed by atoms with Crippen LogP contribution in [0.5, 0.6) is 0 Å². The second-order valence-corrected chi connectivity index (χ2v) is 5.01. The SMILES string of the molecule is CC(C)C1=CC=C(C(C)(C)C)C1. The van der Waals surface area contributed by atoms with Crippen LogP contribution < -0.4 is 0 Å². The van der Waals surface area contributed by atoms with Crippen molar-refractivity contribution in [1.29, 1.82) is 0 Å². The average Bonchev–Trinajstić information content (AvgIpc) is 2.30. The molecule has 0 saturated heterocycles. The smallest absolute Gasteiger partial charge is 0.00944 e. The quantitative estimate of drug-likeness (QED) is 0.550. The molecule has 1 rings (SSSR count). The molecule has 0 radical (unpaired) electrons. The first-order chi connectivity index (χ1) is 5.41. The van der Waals surface area contributed by atoms with Crippen molar-refractivity contribution >= 4 is 0 Å². The molecule has 0 heterocycles. The molecule has 0 saturated carbocycles. The van der Waals surface area contributed by atoms with Crippen LogP contribution in [0.15, 0.2) is 23.3 Å². The van der Waals surface area contributed by atoms with Gasteiger partial charge in [-0.25, -0.2) is 0 Å². The average molecular weight is 164 g/mol. The Morgan fingerprint density at radius 1 is 1.17 bits per heavy atom. The summed E-state index contributed by atoms with van der Waals surface area (Å²) in [5.74, 6) is 0.709. The third-order valence-electron chi connectivity index (χ3n) is 2.60. The van der Waals surface area contributed by atoms with Gasteiger partial charge in [0, 0.05) is 0 Å². The number of hydrogen-bond acceptors (Lipinski definition) is 0. The first-order valence-corrected chi connectivity index (χ1v) is 4.81. The van der Waals surface area contributed by atoms with Gasteiger partial charge in [-0.15, -0.1) is 0 Å². The van der Waals surface area contributed by atoms with E-state index < -0.39 is 0 Å². The molecule has 1 aliphatic carbocycles.